The largest absolute Gasteiger partial charge is 0.335 e. The molecule has 1 aromatic heterocycles. The number of para-hydroxylation sites is 2. The number of benzene rings is 5. The molecule has 0 saturated carbocycles. The molecule has 1 heterocycles. The second kappa shape index (κ2) is 10.4. The van der Waals surface area contributed by atoms with Crippen LogP contribution in [-0.2, 0) is 5.54 Å². The van der Waals surface area contributed by atoms with Crippen molar-refractivity contribution in [2.24, 2.45) is 0 Å². The molecule has 7 rings (SSSR count). The Balaban J connectivity index is 1.26. The fourth-order valence-electron chi connectivity index (χ4n) is 6.24. The maximum atomic E-state index is 3.59. The zero-order chi connectivity index (χ0) is 28.7. The van der Waals surface area contributed by atoms with Crippen molar-refractivity contribution in [3.05, 3.63) is 157 Å². The van der Waals surface area contributed by atoms with E-state index < -0.39 is 0 Å². The van der Waals surface area contributed by atoms with Crippen LogP contribution in [0.4, 0.5) is 11.4 Å². The molecule has 5 aromatic carbocycles. The molecule has 0 fully saturated rings. The van der Waals surface area contributed by atoms with Crippen LogP contribution >= 0.6 is 0 Å². The maximum absolute atomic E-state index is 3.59. The van der Waals surface area contributed by atoms with Gasteiger partial charge in [-0.25, -0.2) is 0 Å². The molecule has 0 N–H and O–H groups in total. The molecular formula is C40H34N2. The fourth-order valence-corrected chi connectivity index (χ4v) is 6.24. The van der Waals surface area contributed by atoms with Gasteiger partial charge in [-0.05, 0) is 91.6 Å². The van der Waals surface area contributed by atoms with E-state index in [0.29, 0.717) is 0 Å². The zero-order valence-corrected chi connectivity index (χ0v) is 24.4. The number of aromatic nitrogens is 1. The number of allylic oxidation sites excluding steroid dienone is 2. The Hall–Kier alpha value is -5.04. The van der Waals surface area contributed by atoms with Crippen molar-refractivity contribution in [1.82, 2.24) is 4.57 Å². The van der Waals surface area contributed by atoms with Gasteiger partial charge in [0.25, 0.3) is 0 Å². The molecule has 0 atom stereocenters. The van der Waals surface area contributed by atoms with Crippen LogP contribution in [0.25, 0.3) is 38.5 Å². The van der Waals surface area contributed by atoms with Crippen LogP contribution in [0.1, 0.15) is 32.8 Å². The van der Waals surface area contributed by atoms with Crippen LogP contribution < -0.4 is 4.90 Å². The van der Waals surface area contributed by atoms with Gasteiger partial charge in [-0.1, -0.05) is 96.7 Å². The lowest BCUT2D eigenvalue weighted by Crippen LogP contribution is -2.21. The van der Waals surface area contributed by atoms with Crippen LogP contribution in [0.3, 0.4) is 0 Å². The molecule has 42 heavy (non-hydrogen) atoms. The van der Waals surface area contributed by atoms with Crippen LogP contribution in [0, 0.1) is 0 Å². The summed E-state index contributed by atoms with van der Waals surface area (Å²) in [5, 5.41) is 2.60. The van der Waals surface area contributed by atoms with E-state index in [2.05, 4.69) is 176 Å². The zero-order valence-electron chi connectivity index (χ0n) is 24.4. The van der Waals surface area contributed by atoms with Gasteiger partial charge in [-0.2, -0.15) is 0 Å². The third-order valence-corrected chi connectivity index (χ3v) is 8.12. The summed E-state index contributed by atoms with van der Waals surface area (Å²) in [6.07, 6.45) is 5.08. The highest BCUT2D eigenvalue weighted by molar-refractivity contribution is 6.09. The minimum atomic E-state index is -0.0160. The first-order valence-corrected chi connectivity index (χ1v) is 14.7. The molecule has 2 heteroatoms. The highest BCUT2D eigenvalue weighted by Crippen LogP contribution is 2.39. The third kappa shape index (κ3) is 4.67. The number of hydrogen-bond acceptors (Lipinski definition) is 1. The van der Waals surface area contributed by atoms with Gasteiger partial charge in [0.05, 0.1) is 5.70 Å². The van der Waals surface area contributed by atoms with E-state index in [4.69, 9.17) is 0 Å². The van der Waals surface area contributed by atoms with Crippen molar-refractivity contribution < 1.29 is 0 Å². The van der Waals surface area contributed by atoms with Gasteiger partial charge in [0, 0.05) is 45.1 Å². The summed E-state index contributed by atoms with van der Waals surface area (Å²) in [4.78, 5) is 2.34. The lowest BCUT2D eigenvalue weighted by Gasteiger charge is -2.28. The molecule has 1 aliphatic rings. The van der Waals surface area contributed by atoms with E-state index in [1.165, 1.54) is 44.1 Å². The van der Waals surface area contributed by atoms with Crippen LogP contribution in [0.2, 0.25) is 0 Å². The van der Waals surface area contributed by atoms with E-state index in [9.17, 15) is 0 Å². The molecule has 0 amide bonds. The van der Waals surface area contributed by atoms with Crippen molar-refractivity contribution in [3.63, 3.8) is 0 Å². The van der Waals surface area contributed by atoms with E-state index in [1.54, 1.807) is 0 Å². The Morgan fingerprint density at radius 1 is 0.595 bits per heavy atom. The summed E-state index contributed by atoms with van der Waals surface area (Å²) in [5.74, 6) is 0. The van der Waals surface area contributed by atoms with Gasteiger partial charge in [0.2, 0.25) is 0 Å². The second-order valence-corrected chi connectivity index (χ2v) is 12.0. The molecule has 0 spiro atoms. The van der Waals surface area contributed by atoms with Crippen molar-refractivity contribution in [2.75, 3.05) is 4.90 Å². The summed E-state index contributed by atoms with van der Waals surface area (Å²) in [6.45, 7) is 6.84. The first-order chi connectivity index (χ1) is 20.5. The summed E-state index contributed by atoms with van der Waals surface area (Å²) < 4.78 is 2.47. The maximum Gasteiger partial charge on any atom is 0.0699 e. The molecule has 1 aliphatic carbocycles. The van der Waals surface area contributed by atoms with Gasteiger partial charge >= 0.3 is 0 Å². The Bertz CT molecular complexity index is 1990. The molecule has 2 nitrogen and oxygen atoms in total. The highest BCUT2D eigenvalue weighted by atomic mass is 15.1. The average molecular weight is 543 g/mol. The fraction of sp³-hybridized carbons (Fsp3) is 0.125. The normalized spacial score (nSPS) is 13.3. The highest BCUT2D eigenvalue weighted by Gasteiger charge is 2.22. The smallest absolute Gasteiger partial charge is 0.0699 e. The first-order valence-electron chi connectivity index (χ1n) is 14.7. The minimum Gasteiger partial charge on any atom is -0.335 e. The van der Waals surface area contributed by atoms with Crippen molar-refractivity contribution >= 4 is 38.8 Å². The SMILES string of the molecule is CC(C)(C)n1c2ccccc2c2cc(C3=CC=C=C(N(c4ccccc4)c4ccc(-c5ccccc5)cc4)C3)ccc21. The lowest BCUT2D eigenvalue weighted by molar-refractivity contribution is 0.423. The Morgan fingerprint density at radius 3 is 1.93 bits per heavy atom. The molecule has 0 radical (unpaired) electrons. The van der Waals surface area contributed by atoms with E-state index in [0.717, 1.165) is 23.5 Å². The second-order valence-electron chi connectivity index (χ2n) is 12.0. The van der Waals surface area contributed by atoms with Gasteiger partial charge in [0.15, 0.2) is 0 Å². The molecule has 204 valence electrons. The standard InChI is InChI=1S/C40H34N2/c1-40(2,3)42-38-20-11-10-19-36(38)37-28-32(23-26-39(37)42)31-15-12-18-35(27-31)41(33-16-8-5-9-17-33)34-24-21-30(22-25-34)29-13-6-4-7-14-29/h4-17,19-26,28H,27H2,1-3H3. The lowest BCUT2D eigenvalue weighted by atomic mass is 9.95. The number of nitrogens with zero attached hydrogens (tertiary/aromatic N) is 2. The number of rotatable bonds is 5. The summed E-state index contributed by atoms with van der Waals surface area (Å²) in [5.41, 5.74) is 14.5. The molecule has 0 unspecified atom stereocenters. The van der Waals surface area contributed by atoms with Crippen LogP contribution in [-0.4, -0.2) is 4.57 Å². The predicted octanol–water partition coefficient (Wildman–Crippen LogP) is 10.9. The van der Waals surface area contributed by atoms with E-state index in [-0.39, 0.29) is 5.54 Å². The molecule has 0 saturated heterocycles. The third-order valence-electron chi connectivity index (χ3n) is 8.12. The van der Waals surface area contributed by atoms with Gasteiger partial charge in [0.1, 0.15) is 0 Å². The Labute approximate surface area is 248 Å². The van der Waals surface area contributed by atoms with Crippen LogP contribution in [0.15, 0.2) is 151 Å². The topological polar surface area (TPSA) is 8.17 Å². The molecular weight excluding hydrogens is 508 g/mol. The number of anilines is 2. The molecule has 6 aromatic rings. The van der Waals surface area contributed by atoms with E-state index in [1.807, 2.05) is 0 Å². The summed E-state index contributed by atoms with van der Waals surface area (Å²) in [6, 6.07) is 45.8. The van der Waals surface area contributed by atoms with Gasteiger partial charge in [-0.15, -0.1) is 0 Å². The summed E-state index contributed by atoms with van der Waals surface area (Å²) in [7, 11) is 0. The average Bonchev–Trinajstić information content (AvgIpc) is 3.37. The Kier molecular flexibility index (Phi) is 6.42. The quantitative estimate of drug-likeness (QED) is 0.197. The predicted molar refractivity (Wildman–Crippen MR) is 179 cm³/mol. The van der Waals surface area contributed by atoms with E-state index >= 15 is 0 Å². The Morgan fingerprint density at radius 2 is 1.19 bits per heavy atom. The van der Waals surface area contributed by atoms with Crippen molar-refractivity contribution in [1.29, 1.82) is 0 Å². The molecule has 0 bridgehead atoms. The van der Waals surface area contributed by atoms with Crippen molar-refractivity contribution in [3.8, 4) is 11.1 Å². The molecule has 0 aliphatic heterocycles. The van der Waals surface area contributed by atoms with Crippen LogP contribution in [0.5, 0.6) is 0 Å². The number of fused-ring (bicyclic) bond motifs is 3. The minimum absolute atomic E-state index is 0.0160. The van der Waals surface area contributed by atoms with Gasteiger partial charge < -0.3 is 9.47 Å². The van der Waals surface area contributed by atoms with Gasteiger partial charge in [-0.3, -0.25) is 0 Å². The summed E-state index contributed by atoms with van der Waals surface area (Å²) >= 11 is 0. The van der Waals surface area contributed by atoms with Crippen molar-refractivity contribution in [2.45, 2.75) is 32.7 Å². The first kappa shape index (κ1) is 25.9. The monoisotopic (exact) mass is 542 g/mol. The number of hydrogen-bond donors (Lipinski definition) is 0.